The molecule has 0 unspecified atom stereocenters. The average molecular weight is 493 g/mol. The Morgan fingerprint density at radius 1 is 1.39 bits per heavy atom. The van der Waals surface area contributed by atoms with E-state index in [4.69, 9.17) is 27.9 Å². The first-order chi connectivity index (χ1) is 15.6. The highest BCUT2D eigenvalue weighted by Crippen LogP contribution is 2.64. The van der Waals surface area contributed by atoms with Crippen LogP contribution in [0.5, 0.6) is 5.75 Å². The van der Waals surface area contributed by atoms with Gasteiger partial charge in [0.15, 0.2) is 6.61 Å². The maximum Gasteiger partial charge on any atom is 0.261 e. The molecule has 3 fully saturated rings. The van der Waals surface area contributed by atoms with Crippen LogP contribution in [0.2, 0.25) is 10.0 Å². The molecule has 176 valence electrons. The second kappa shape index (κ2) is 9.03. The van der Waals surface area contributed by atoms with Gasteiger partial charge in [-0.05, 0) is 48.3 Å². The zero-order chi connectivity index (χ0) is 23.9. The van der Waals surface area contributed by atoms with Gasteiger partial charge in [-0.1, -0.05) is 37.0 Å². The summed E-state index contributed by atoms with van der Waals surface area (Å²) in [5.41, 5.74) is -0.0629. The largest absolute Gasteiger partial charge is 0.482 e. The number of carbonyl (C=O) groups is 3. The summed E-state index contributed by atoms with van der Waals surface area (Å²) in [4.78, 5) is 39.6. The van der Waals surface area contributed by atoms with Crippen LogP contribution in [-0.4, -0.2) is 54.4 Å². The second-order valence-electron chi connectivity index (χ2n) is 9.51. The Hall–Kier alpha value is -2.50. The summed E-state index contributed by atoms with van der Waals surface area (Å²) >= 11 is 12.0. The van der Waals surface area contributed by atoms with Crippen molar-refractivity contribution in [3.05, 3.63) is 28.2 Å². The van der Waals surface area contributed by atoms with Gasteiger partial charge in [0.05, 0.1) is 11.1 Å². The molecule has 2 saturated heterocycles. The number of nitrogens with zero attached hydrogens (tertiary/aromatic N) is 2. The van der Waals surface area contributed by atoms with Crippen LogP contribution >= 0.6 is 23.2 Å². The molecule has 1 aromatic rings. The summed E-state index contributed by atoms with van der Waals surface area (Å²) in [6.45, 7) is 4.93. The number of rotatable bonds is 7. The van der Waals surface area contributed by atoms with Gasteiger partial charge in [-0.3, -0.25) is 14.4 Å². The second-order valence-corrected chi connectivity index (χ2v) is 10.4. The third-order valence-corrected chi connectivity index (χ3v) is 7.73. The van der Waals surface area contributed by atoms with Crippen LogP contribution in [0.4, 0.5) is 0 Å². The van der Waals surface area contributed by atoms with E-state index in [1.807, 2.05) is 0 Å². The maximum absolute atomic E-state index is 13.2. The van der Waals surface area contributed by atoms with Crippen LogP contribution in [0.15, 0.2) is 18.2 Å². The van der Waals surface area contributed by atoms with Crippen LogP contribution in [0, 0.1) is 34.5 Å². The molecule has 1 aliphatic carbocycles. The number of benzene rings is 1. The van der Waals surface area contributed by atoms with Gasteiger partial charge in [0.2, 0.25) is 11.8 Å². The summed E-state index contributed by atoms with van der Waals surface area (Å²) in [6, 6.07) is 5.33. The molecule has 2 aliphatic heterocycles. The molecular formula is C23H26Cl2N4O4. The summed E-state index contributed by atoms with van der Waals surface area (Å²) in [5, 5.41) is 15.8. The topological polar surface area (TPSA) is 112 Å². The Kier molecular flexibility index (Phi) is 6.47. The fraction of sp³-hybridized carbons (Fsp3) is 0.565. The Morgan fingerprint density at radius 3 is 2.79 bits per heavy atom. The third-order valence-electron chi connectivity index (χ3n) is 7.20. The number of carbonyl (C=O) groups excluding carboxylic acids is 3. The van der Waals surface area contributed by atoms with E-state index in [2.05, 4.69) is 30.6 Å². The molecule has 10 heteroatoms. The van der Waals surface area contributed by atoms with Crippen LogP contribution in [0.25, 0.3) is 0 Å². The van der Waals surface area contributed by atoms with Crippen LogP contribution in [0.1, 0.15) is 26.7 Å². The standard InChI is InChI=1S/C23H26Cl2N4O4/c1-23(2)15-10-29(18(30)11-33-17-4-3-13(24)8-16(17)25)20(19(15)23)22(32)28-14(9-26)7-12-5-6-27-21(12)31/h3-4,8,12,14-15,19-20H,5-7,10-11H2,1-2H3,(H,27,31)(H,28,32)/t12-,14-,15-,19-,20-/m0/s1. The van der Waals surface area contributed by atoms with Crippen molar-refractivity contribution in [2.75, 3.05) is 19.7 Å². The van der Waals surface area contributed by atoms with E-state index in [0.717, 1.165) is 0 Å². The fourth-order valence-electron chi connectivity index (χ4n) is 5.21. The number of hydrogen-bond acceptors (Lipinski definition) is 5. The summed E-state index contributed by atoms with van der Waals surface area (Å²) in [7, 11) is 0. The van der Waals surface area contributed by atoms with Crippen molar-refractivity contribution in [1.29, 1.82) is 5.26 Å². The molecule has 0 spiro atoms. The monoisotopic (exact) mass is 492 g/mol. The lowest BCUT2D eigenvalue weighted by atomic mass is 9.97. The zero-order valence-corrected chi connectivity index (χ0v) is 19.9. The summed E-state index contributed by atoms with van der Waals surface area (Å²) < 4.78 is 5.59. The van der Waals surface area contributed by atoms with Crippen molar-refractivity contribution in [3.63, 3.8) is 0 Å². The van der Waals surface area contributed by atoms with Gasteiger partial charge in [-0.2, -0.15) is 5.26 Å². The number of ether oxygens (including phenoxy) is 1. The minimum absolute atomic E-state index is 0.00897. The van der Waals surface area contributed by atoms with E-state index >= 15 is 0 Å². The van der Waals surface area contributed by atoms with E-state index in [1.54, 1.807) is 12.1 Å². The Morgan fingerprint density at radius 2 is 2.15 bits per heavy atom. The molecule has 2 N–H and O–H groups in total. The lowest BCUT2D eigenvalue weighted by Crippen LogP contribution is -2.53. The molecule has 8 nitrogen and oxygen atoms in total. The molecule has 1 aromatic carbocycles. The number of nitriles is 1. The number of likely N-dealkylation sites (tertiary alicyclic amines) is 1. The van der Waals surface area contributed by atoms with E-state index < -0.39 is 12.1 Å². The normalized spacial score (nSPS) is 27.8. The Labute approximate surface area is 202 Å². The highest BCUT2D eigenvalue weighted by Gasteiger charge is 2.69. The molecule has 3 amide bonds. The predicted octanol–water partition coefficient (Wildman–Crippen LogP) is 2.39. The smallest absolute Gasteiger partial charge is 0.261 e. The van der Waals surface area contributed by atoms with Crippen LogP contribution in [0.3, 0.4) is 0 Å². The van der Waals surface area contributed by atoms with Crippen LogP contribution in [-0.2, 0) is 14.4 Å². The van der Waals surface area contributed by atoms with Crippen LogP contribution < -0.4 is 15.4 Å². The van der Waals surface area contributed by atoms with Crippen molar-refractivity contribution in [2.45, 2.75) is 38.8 Å². The number of halogens is 2. The van der Waals surface area contributed by atoms with E-state index in [1.165, 1.54) is 11.0 Å². The van der Waals surface area contributed by atoms with Gasteiger partial charge < -0.3 is 20.3 Å². The number of hydrogen-bond donors (Lipinski definition) is 2. The molecule has 33 heavy (non-hydrogen) atoms. The molecule has 0 bridgehead atoms. The number of fused-ring (bicyclic) bond motifs is 1. The average Bonchev–Trinajstić information content (AvgIpc) is 3.12. The van der Waals surface area contributed by atoms with Gasteiger partial charge in [0.1, 0.15) is 17.8 Å². The van der Waals surface area contributed by atoms with Crippen molar-refractivity contribution < 1.29 is 19.1 Å². The number of nitrogens with one attached hydrogen (secondary N) is 2. The van der Waals surface area contributed by atoms with Crippen molar-refractivity contribution >= 4 is 40.9 Å². The molecule has 2 heterocycles. The van der Waals surface area contributed by atoms with E-state index in [-0.39, 0.29) is 53.9 Å². The van der Waals surface area contributed by atoms with Crippen molar-refractivity contribution in [2.24, 2.45) is 23.2 Å². The molecular weight excluding hydrogens is 467 g/mol. The molecule has 0 aromatic heterocycles. The van der Waals surface area contributed by atoms with Gasteiger partial charge in [0, 0.05) is 24.0 Å². The molecule has 3 aliphatic rings. The minimum Gasteiger partial charge on any atom is -0.482 e. The third kappa shape index (κ3) is 4.62. The highest BCUT2D eigenvalue weighted by atomic mass is 35.5. The minimum atomic E-state index is -0.798. The Balaban J connectivity index is 1.42. The number of amides is 3. The summed E-state index contributed by atoms with van der Waals surface area (Å²) in [5.74, 6) is -0.530. The van der Waals surface area contributed by atoms with Gasteiger partial charge in [-0.25, -0.2) is 0 Å². The zero-order valence-electron chi connectivity index (χ0n) is 18.4. The van der Waals surface area contributed by atoms with E-state index in [0.29, 0.717) is 35.3 Å². The van der Waals surface area contributed by atoms with Gasteiger partial charge >= 0.3 is 0 Å². The molecule has 4 rings (SSSR count). The molecule has 1 saturated carbocycles. The Bertz CT molecular complexity index is 1020. The maximum atomic E-state index is 13.2. The highest BCUT2D eigenvalue weighted by molar-refractivity contribution is 6.35. The van der Waals surface area contributed by atoms with Crippen molar-refractivity contribution in [1.82, 2.24) is 15.5 Å². The first kappa shape index (κ1) is 23.7. The summed E-state index contributed by atoms with van der Waals surface area (Å²) in [6.07, 6.45) is 0.896. The van der Waals surface area contributed by atoms with E-state index in [9.17, 15) is 19.6 Å². The number of piperidine rings is 1. The van der Waals surface area contributed by atoms with Gasteiger partial charge in [-0.15, -0.1) is 0 Å². The molecule has 5 atom stereocenters. The fourth-order valence-corrected chi connectivity index (χ4v) is 5.68. The SMILES string of the molecule is CC1(C)[C@@H]2[C@@H](C(=O)N[C@H](C#N)C[C@@H]3CCNC3=O)N(C(=O)COc3ccc(Cl)cc3Cl)C[C@@H]21. The first-order valence-electron chi connectivity index (χ1n) is 11.0. The first-order valence-corrected chi connectivity index (χ1v) is 11.7. The van der Waals surface area contributed by atoms with Gasteiger partial charge in [0.25, 0.3) is 5.91 Å². The van der Waals surface area contributed by atoms with Crippen molar-refractivity contribution in [3.8, 4) is 11.8 Å². The predicted molar refractivity (Wildman–Crippen MR) is 121 cm³/mol. The quantitative estimate of drug-likeness (QED) is 0.606. The lowest BCUT2D eigenvalue weighted by Gasteiger charge is -2.30. The lowest BCUT2D eigenvalue weighted by molar-refractivity contribution is -0.142. The molecule has 0 radical (unpaired) electrons.